The molecule has 0 saturated heterocycles. The lowest BCUT2D eigenvalue weighted by atomic mass is 10.0. The van der Waals surface area contributed by atoms with Gasteiger partial charge in [-0.1, -0.05) is 89.9 Å². The Kier molecular flexibility index (Phi) is 10.7. The molecule has 0 aromatic heterocycles. The first-order valence-corrected chi connectivity index (χ1v) is 8.54. The van der Waals surface area contributed by atoms with Crippen LogP contribution >= 0.6 is 0 Å². The molecule has 1 saturated carbocycles. The van der Waals surface area contributed by atoms with Gasteiger partial charge in [-0.3, -0.25) is 0 Å². The van der Waals surface area contributed by atoms with Crippen molar-refractivity contribution in [1.82, 2.24) is 0 Å². The zero-order valence-corrected chi connectivity index (χ0v) is 12.3. The van der Waals surface area contributed by atoms with Crippen molar-refractivity contribution in [2.24, 2.45) is 5.92 Å². The van der Waals surface area contributed by atoms with Gasteiger partial charge in [0.05, 0.1) is 0 Å². The van der Waals surface area contributed by atoms with Gasteiger partial charge in [0, 0.05) is 6.61 Å². The van der Waals surface area contributed by atoms with Gasteiger partial charge in [-0.15, -0.1) is 0 Å². The third-order valence-electron chi connectivity index (χ3n) is 4.22. The van der Waals surface area contributed by atoms with E-state index in [9.17, 15) is 0 Å². The standard InChI is InChI=1S/C17H34O/c18-16-12-10-8-6-4-2-1-3-5-7-9-11-13-17-14-15-17/h17-18H,1-16H2. The minimum Gasteiger partial charge on any atom is -0.396 e. The summed E-state index contributed by atoms with van der Waals surface area (Å²) < 4.78 is 0. The maximum absolute atomic E-state index is 8.66. The van der Waals surface area contributed by atoms with Gasteiger partial charge >= 0.3 is 0 Å². The highest BCUT2D eigenvalue weighted by Crippen LogP contribution is 2.34. The molecule has 0 aromatic carbocycles. The SMILES string of the molecule is OCCCCCCCCCCCCCCC1CC1. The molecule has 1 aliphatic carbocycles. The molecule has 0 spiro atoms. The summed E-state index contributed by atoms with van der Waals surface area (Å²) in [6.45, 7) is 0.376. The Labute approximate surface area is 114 Å². The maximum atomic E-state index is 8.66. The predicted octanol–water partition coefficient (Wildman–Crippen LogP) is 5.46. The molecular weight excluding hydrogens is 220 g/mol. The van der Waals surface area contributed by atoms with E-state index in [1.165, 1.54) is 89.9 Å². The van der Waals surface area contributed by atoms with Crippen molar-refractivity contribution < 1.29 is 5.11 Å². The van der Waals surface area contributed by atoms with Crippen LogP contribution < -0.4 is 0 Å². The fourth-order valence-corrected chi connectivity index (χ4v) is 2.72. The molecule has 0 bridgehead atoms. The Balaban J connectivity index is 1.60. The normalized spacial score (nSPS) is 15.2. The molecule has 1 heteroatoms. The largest absolute Gasteiger partial charge is 0.396 e. The molecule has 1 nitrogen and oxygen atoms in total. The van der Waals surface area contributed by atoms with Gasteiger partial charge in [-0.05, 0) is 12.3 Å². The number of aliphatic hydroxyl groups excluding tert-OH is 1. The topological polar surface area (TPSA) is 20.2 Å². The van der Waals surface area contributed by atoms with Crippen molar-refractivity contribution in [3.8, 4) is 0 Å². The van der Waals surface area contributed by atoms with Crippen molar-refractivity contribution in [2.75, 3.05) is 6.61 Å². The van der Waals surface area contributed by atoms with Crippen LogP contribution in [0.3, 0.4) is 0 Å². The van der Waals surface area contributed by atoms with Crippen molar-refractivity contribution in [3.63, 3.8) is 0 Å². The zero-order chi connectivity index (χ0) is 12.9. The highest BCUT2D eigenvalue weighted by molar-refractivity contribution is 4.72. The van der Waals surface area contributed by atoms with Crippen LogP contribution in [0.15, 0.2) is 0 Å². The molecule has 1 fully saturated rings. The van der Waals surface area contributed by atoms with E-state index in [1.54, 1.807) is 0 Å². The average Bonchev–Trinajstić information content (AvgIpc) is 3.19. The Morgan fingerprint density at radius 2 is 0.944 bits per heavy atom. The van der Waals surface area contributed by atoms with E-state index >= 15 is 0 Å². The molecule has 0 radical (unpaired) electrons. The number of rotatable bonds is 14. The van der Waals surface area contributed by atoms with Crippen LogP contribution in [0.2, 0.25) is 0 Å². The van der Waals surface area contributed by atoms with Gasteiger partial charge in [-0.25, -0.2) is 0 Å². The summed E-state index contributed by atoms with van der Waals surface area (Å²) in [7, 11) is 0. The predicted molar refractivity (Wildman–Crippen MR) is 79.8 cm³/mol. The number of hydrogen-bond acceptors (Lipinski definition) is 1. The van der Waals surface area contributed by atoms with E-state index < -0.39 is 0 Å². The van der Waals surface area contributed by atoms with Crippen LogP contribution in [0, 0.1) is 5.92 Å². The van der Waals surface area contributed by atoms with E-state index in [0.717, 1.165) is 12.3 Å². The Bertz CT molecular complexity index is 163. The van der Waals surface area contributed by atoms with E-state index in [4.69, 9.17) is 5.11 Å². The van der Waals surface area contributed by atoms with Crippen LogP contribution in [-0.4, -0.2) is 11.7 Å². The van der Waals surface area contributed by atoms with Crippen molar-refractivity contribution >= 4 is 0 Å². The molecule has 0 aromatic rings. The summed E-state index contributed by atoms with van der Waals surface area (Å²) >= 11 is 0. The lowest BCUT2D eigenvalue weighted by Gasteiger charge is -2.02. The Morgan fingerprint density at radius 3 is 1.33 bits per heavy atom. The maximum Gasteiger partial charge on any atom is 0.0431 e. The fraction of sp³-hybridized carbons (Fsp3) is 1.00. The molecule has 1 aliphatic rings. The number of hydrogen-bond donors (Lipinski definition) is 1. The molecule has 0 atom stereocenters. The molecule has 108 valence electrons. The molecule has 18 heavy (non-hydrogen) atoms. The van der Waals surface area contributed by atoms with Gasteiger partial charge in [0.25, 0.3) is 0 Å². The Morgan fingerprint density at radius 1 is 0.556 bits per heavy atom. The highest BCUT2D eigenvalue weighted by Gasteiger charge is 2.19. The summed E-state index contributed by atoms with van der Waals surface area (Å²) in [6, 6.07) is 0. The lowest BCUT2D eigenvalue weighted by molar-refractivity contribution is 0.282. The zero-order valence-electron chi connectivity index (χ0n) is 12.3. The van der Waals surface area contributed by atoms with Crippen LogP contribution in [0.5, 0.6) is 0 Å². The third kappa shape index (κ3) is 11.1. The Hall–Kier alpha value is -0.0400. The van der Waals surface area contributed by atoms with Crippen molar-refractivity contribution in [1.29, 1.82) is 0 Å². The molecule has 0 aliphatic heterocycles. The summed E-state index contributed by atoms with van der Waals surface area (Å²) in [5, 5.41) is 8.66. The van der Waals surface area contributed by atoms with Gasteiger partial charge in [-0.2, -0.15) is 0 Å². The van der Waals surface area contributed by atoms with Gasteiger partial charge in [0.2, 0.25) is 0 Å². The first-order valence-electron chi connectivity index (χ1n) is 8.54. The van der Waals surface area contributed by atoms with E-state index in [-0.39, 0.29) is 0 Å². The quantitative estimate of drug-likeness (QED) is 0.408. The van der Waals surface area contributed by atoms with Gasteiger partial charge in [0.1, 0.15) is 0 Å². The molecule has 0 unspecified atom stereocenters. The second kappa shape index (κ2) is 12.0. The number of aliphatic hydroxyl groups is 1. The average molecular weight is 254 g/mol. The lowest BCUT2D eigenvalue weighted by Crippen LogP contribution is -1.85. The molecule has 0 heterocycles. The smallest absolute Gasteiger partial charge is 0.0431 e. The first-order chi connectivity index (χ1) is 8.93. The molecule has 1 N–H and O–H groups in total. The summed E-state index contributed by atoms with van der Waals surface area (Å²) in [4.78, 5) is 0. The van der Waals surface area contributed by atoms with Crippen LogP contribution in [-0.2, 0) is 0 Å². The van der Waals surface area contributed by atoms with Crippen molar-refractivity contribution in [2.45, 2.75) is 96.3 Å². The van der Waals surface area contributed by atoms with Gasteiger partial charge in [0.15, 0.2) is 0 Å². The second-order valence-corrected chi connectivity index (χ2v) is 6.20. The van der Waals surface area contributed by atoms with Crippen LogP contribution in [0.25, 0.3) is 0 Å². The molecular formula is C17H34O. The minimum atomic E-state index is 0.376. The van der Waals surface area contributed by atoms with Crippen molar-refractivity contribution in [3.05, 3.63) is 0 Å². The minimum absolute atomic E-state index is 0.376. The molecule has 1 rings (SSSR count). The third-order valence-corrected chi connectivity index (χ3v) is 4.22. The van der Waals surface area contributed by atoms with E-state index in [1.807, 2.05) is 0 Å². The van der Waals surface area contributed by atoms with Gasteiger partial charge < -0.3 is 5.11 Å². The van der Waals surface area contributed by atoms with Crippen LogP contribution in [0.4, 0.5) is 0 Å². The summed E-state index contributed by atoms with van der Waals surface area (Å²) in [5.41, 5.74) is 0. The monoisotopic (exact) mass is 254 g/mol. The van der Waals surface area contributed by atoms with Crippen LogP contribution in [0.1, 0.15) is 96.3 Å². The first kappa shape index (κ1) is 16.0. The summed E-state index contributed by atoms with van der Waals surface area (Å²) in [5.74, 6) is 1.14. The number of unbranched alkanes of at least 4 members (excludes halogenated alkanes) is 11. The van der Waals surface area contributed by atoms with E-state index in [2.05, 4.69) is 0 Å². The second-order valence-electron chi connectivity index (χ2n) is 6.20. The van der Waals surface area contributed by atoms with E-state index in [0.29, 0.717) is 6.61 Å². The fourth-order valence-electron chi connectivity index (χ4n) is 2.72. The summed E-state index contributed by atoms with van der Waals surface area (Å²) in [6.07, 6.45) is 21.2. The highest BCUT2D eigenvalue weighted by atomic mass is 16.2. The molecule has 0 amide bonds.